The van der Waals surface area contributed by atoms with Gasteiger partial charge in [-0.15, -0.1) is 0 Å². The number of aromatic hydroxyl groups is 1. The van der Waals surface area contributed by atoms with Gasteiger partial charge in [0, 0.05) is 13.2 Å². The molecule has 14 heavy (non-hydrogen) atoms. The van der Waals surface area contributed by atoms with Gasteiger partial charge in [0.25, 0.3) is 0 Å². The van der Waals surface area contributed by atoms with Crippen molar-refractivity contribution in [2.45, 2.75) is 0 Å². The highest BCUT2D eigenvalue weighted by Crippen LogP contribution is 2.35. The van der Waals surface area contributed by atoms with Crippen LogP contribution in [0.15, 0.2) is 36.5 Å². The molecule has 0 saturated heterocycles. The Bertz CT molecular complexity index is 446. The number of aromatic nitrogens is 1. The second kappa shape index (κ2) is 3.10. The van der Waals surface area contributed by atoms with Gasteiger partial charge in [0.05, 0.1) is 5.56 Å². The number of hydrogen-bond donors (Lipinski definition) is 2. The number of aryl methyl sites for hydroxylation is 1. The lowest BCUT2D eigenvalue weighted by Gasteiger charge is -2.01. The summed E-state index contributed by atoms with van der Waals surface area (Å²) in [5, 5.41) is 9.66. The van der Waals surface area contributed by atoms with E-state index in [4.69, 9.17) is 5.73 Å². The summed E-state index contributed by atoms with van der Waals surface area (Å²) < 4.78 is 1.71. The van der Waals surface area contributed by atoms with Crippen LogP contribution < -0.4 is 5.73 Å². The molecule has 2 aromatic rings. The molecule has 3 heteroatoms. The number of rotatable bonds is 1. The molecule has 1 heterocycles. The van der Waals surface area contributed by atoms with Crippen LogP contribution in [0.1, 0.15) is 0 Å². The topological polar surface area (TPSA) is 51.2 Å². The average molecular weight is 188 g/mol. The summed E-state index contributed by atoms with van der Waals surface area (Å²) in [5.74, 6) is 0.796. The number of nitrogens with zero attached hydrogens (tertiary/aromatic N) is 1. The van der Waals surface area contributed by atoms with E-state index in [1.54, 1.807) is 10.8 Å². The number of hydrogen-bond acceptors (Lipinski definition) is 2. The van der Waals surface area contributed by atoms with Crippen molar-refractivity contribution in [3.63, 3.8) is 0 Å². The van der Waals surface area contributed by atoms with Crippen LogP contribution in [0.3, 0.4) is 0 Å². The molecule has 0 atom stereocenters. The molecule has 0 aliphatic rings. The second-order valence-corrected chi connectivity index (χ2v) is 3.25. The van der Waals surface area contributed by atoms with Crippen molar-refractivity contribution >= 4 is 5.82 Å². The summed E-state index contributed by atoms with van der Waals surface area (Å²) in [4.78, 5) is 0. The Labute approximate surface area is 82.4 Å². The lowest BCUT2D eigenvalue weighted by Crippen LogP contribution is -1.95. The van der Waals surface area contributed by atoms with E-state index in [9.17, 15) is 5.11 Å². The van der Waals surface area contributed by atoms with Gasteiger partial charge >= 0.3 is 0 Å². The van der Waals surface area contributed by atoms with Crippen LogP contribution in [0.4, 0.5) is 5.82 Å². The maximum absolute atomic E-state index is 9.66. The fraction of sp³-hybridized carbons (Fsp3) is 0.0909. The monoisotopic (exact) mass is 188 g/mol. The van der Waals surface area contributed by atoms with Crippen molar-refractivity contribution in [1.29, 1.82) is 0 Å². The quantitative estimate of drug-likeness (QED) is 0.719. The first kappa shape index (κ1) is 8.69. The van der Waals surface area contributed by atoms with E-state index in [0.29, 0.717) is 11.4 Å². The van der Waals surface area contributed by atoms with Gasteiger partial charge in [0.1, 0.15) is 11.6 Å². The normalized spacial score (nSPS) is 10.4. The molecule has 0 radical (unpaired) electrons. The Morgan fingerprint density at radius 1 is 1.21 bits per heavy atom. The Balaban J connectivity index is 2.62. The molecule has 2 rings (SSSR count). The number of nitrogen functional groups attached to an aromatic ring is 1. The standard InChI is InChI=1S/C11H12N2O/c1-13-7-9(14)10(11(13)12)8-5-3-2-4-6-8/h2-7,14H,12H2,1H3. The van der Waals surface area contributed by atoms with Crippen LogP contribution in [0, 0.1) is 0 Å². The molecule has 0 aliphatic heterocycles. The lowest BCUT2D eigenvalue weighted by molar-refractivity contribution is 0.476. The van der Waals surface area contributed by atoms with Crippen molar-refractivity contribution in [2.24, 2.45) is 7.05 Å². The summed E-state index contributed by atoms with van der Waals surface area (Å²) in [7, 11) is 1.81. The predicted octanol–water partition coefficient (Wildman–Crippen LogP) is 1.98. The Morgan fingerprint density at radius 3 is 2.36 bits per heavy atom. The van der Waals surface area contributed by atoms with Crippen LogP contribution in [-0.4, -0.2) is 9.67 Å². The van der Waals surface area contributed by atoms with Gasteiger partial charge in [-0.1, -0.05) is 30.3 Å². The number of anilines is 1. The van der Waals surface area contributed by atoms with Crippen LogP contribution in [0.2, 0.25) is 0 Å². The van der Waals surface area contributed by atoms with Crippen LogP contribution in [-0.2, 0) is 7.05 Å². The molecule has 72 valence electrons. The molecule has 3 N–H and O–H groups in total. The van der Waals surface area contributed by atoms with E-state index in [1.807, 2.05) is 37.4 Å². The number of nitrogens with two attached hydrogens (primary N) is 1. The van der Waals surface area contributed by atoms with Crippen molar-refractivity contribution in [1.82, 2.24) is 4.57 Å². The fourth-order valence-corrected chi connectivity index (χ4v) is 1.53. The molecule has 0 spiro atoms. The third-order valence-corrected chi connectivity index (χ3v) is 2.27. The summed E-state index contributed by atoms with van der Waals surface area (Å²) in [6, 6.07) is 9.61. The fourth-order valence-electron chi connectivity index (χ4n) is 1.53. The zero-order chi connectivity index (χ0) is 10.1. The molecule has 3 nitrogen and oxygen atoms in total. The van der Waals surface area contributed by atoms with Gasteiger partial charge in [0.15, 0.2) is 0 Å². The smallest absolute Gasteiger partial charge is 0.143 e. The van der Waals surface area contributed by atoms with E-state index in [1.165, 1.54) is 0 Å². The van der Waals surface area contributed by atoms with Crippen molar-refractivity contribution in [3.05, 3.63) is 36.5 Å². The van der Waals surface area contributed by atoms with Crippen molar-refractivity contribution in [2.75, 3.05) is 5.73 Å². The third kappa shape index (κ3) is 1.23. The molecule has 0 unspecified atom stereocenters. The molecule has 0 aliphatic carbocycles. The molecule has 1 aromatic heterocycles. The molecule has 0 bridgehead atoms. The molecule has 1 aromatic carbocycles. The summed E-state index contributed by atoms with van der Waals surface area (Å²) in [6.45, 7) is 0. The maximum Gasteiger partial charge on any atom is 0.143 e. The first-order chi connectivity index (χ1) is 6.70. The van der Waals surface area contributed by atoms with Gasteiger partial charge in [-0.05, 0) is 5.56 Å². The maximum atomic E-state index is 9.66. The first-order valence-electron chi connectivity index (χ1n) is 4.39. The largest absolute Gasteiger partial charge is 0.506 e. The third-order valence-electron chi connectivity index (χ3n) is 2.27. The van der Waals surface area contributed by atoms with Gasteiger partial charge in [-0.25, -0.2) is 0 Å². The lowest BCUT2D eigenvalue weighted by atomic mass is 10.1. The van der Waals surface area contributed by atoms with E-state index >= 15 is 0 Å². The molecule has 0 saturated carbocycles. The molecule has 0 fully saturated rings. The summed E-state index contributed by atoms with van der Waals surface area (Å²) >= 11 is 0. The predicted molar refractivity (Wildman–Crippen MR) is 56.9 cm³/mol. The Morgan fingerprint density at radius 2 is 1.86 bits per heavy atom. The van der Waals surface area contributed by atoms with Gasteiger partial charge in [0.2, 0.25) is 0 Å². The minimum absolute atomic E-state index is 0.219. The SMILES string of the molecule is Cn1cc(O)c(-c2ccccc2)c1N. The second-order valence-electron chi connectivity index (χ2n) is 3.25. The average Bonchev–Trinajstić information content (AvgIpc) is 2.43. The summed E-state index contributed by atoms with van der Waals surface area (Å²) in [6.07, 6.45) is 1.61. The Kier molecular flexibility index (Phi) is 1.93. The minimum atomic E-state index is 0.219. The van der Waals surface area contributed by atoms with E-state index < -0.39 is 0 Å². The van der Waals surface area contributed by atoms with E-state index in [0.717, 1.165) is 5.56 Å². The highest BCUT2D eigenvalue weighted by atomic mass is 16.3. The highest BCUT2D eigenvalue weighted by Gasteiger charge is 2.11. The molecular weight excluding hydrogens is 176 g/mol. The zero-order valence-corrected chi connectivity index (χ0v) is 7.94. The van der Waals surface area contributed by atoms with Crippen LogP contribution >= 0.6 is 0 Å². The van der Waals surface area contributed by atoms with Gasteiger partial charge < -0.3 is 15.4 Å². The molecule has 0 amide bonds. The number of benzene rings is 1. The van der Waals surface area contributed by atoms with Gasteiger partial charge in [-0.2, -0.15) is 0 Å². The summed E-state index contributed by atoms with van der Waals surface area (Å²) in [5.41, 5.74) is 7.47. The van der Waals surface area contributed by atoms with Crippen molar-refractivity contribution < 1.29 is 5.11 Å². The van der Waals surface area contributed by atoms with E-state index in [-0.39, 0.29) is 5.75 Å². The van der Waals surface area contributed by atoms with Crippen LogP contribution in [0.25, 0.3) is 11.1 Å². The minimum Gasteiger partial charge on any atom is -0.506 e. The van der Waals surface area contributed by atoms with E-state index in [2.05, 4.69) is 0 Å². The van der Waals surface area contributed by atoms with Crippen molar-refractivity contribution in [3.8, 4) is 16.9 Å². The highest BCUT2D eigenvalue weighted by molar-refractivity contribution is 5.80. The zero-order valence-electron chi connectivity index (χ0n) is 7.94. The first-order valence-corrected chi connectivity index (χ1v) is 4.39. The van der Waals surface area contributed by atoms with Crippen LogP contribution in [0.5, 0.6) is 5.75 Å². The molecular formula is C11H12N2O. The Hall–Kier alpha value is -1.90. The van der Waals surface area contributed by atoms with Gasteiger partial charge in [-0.3, -0.25) is 0 Å².